The van der Waals surface area contributed by atoms with E-state index in [1.54, 1.807) is 11.3 Å². The van der Waals surface area contributed by atoms with Crippen molar-refractivity contribution in [1.82, 2.24) is 9.88 Å². The van der Waals surface area contributed by atoms with Crippen molar-refractivity contribution >= 4 is 43.2 Å². The second kappa shape index (κ2) is 8.78. The van der Waals surface area contributed by atoms with E-state index in [-0.39, 0.29) is 6.61 Å². The molecule has 0 bridgehead atoms. The van der Waals surface area contributed by atoms with E-state index in [9.17, 15) is 5.11 Å². The number of benzene rings is 2. The van der Waals surface area contributed by atoms with Gasteiger partial charge in [-0.2, -0.15) is 0 Å². The Labute approximate surface area is 177 Å². The molecule has 1 radical (unpaired) electrons. The molecule has 28 heavy (non-hydrogen) atoms. The number of aliphatic hydroxyl groups excluding tert-OH is 1. The van der Waals surface area contributed by atoms with Crippen molar-refractivity contribution in [1.29, 1.82) is 0 Å². The number of thiazole rings is 1. The number of aliphatic hydroxyl groups is 1. The Bertz CT molecular complexity index is 923. The molecule has 1 saturated heterocycles. The lowest BCUT2D eigenvalue weighted by molar-refractivity contribution is 0.0752. The molecule has 1 aliphatic rings. The average Bonchev–Trinajstić information content (AvgIpc) is 3.07. The third-order valence-electron chi connectivity index (χ3n) is 4.76. The van der Waals surface area contributed by atoms with Crippen molar-refractivity contribution in [3.05, 3.63) is 58.5 Å². The lowest BCUT2D eigenvalue weighted by Crippen LogP contribution is -2.46. The lowest BCUT2D eigenvalue weighted by Gasteiger charge is -2.36. The molecule has 5 nitrogen and oxygen atoms in total. The molecule has 1 N–H and O–H groups in total. The Hall–Kier alpha value is -1.67. The van der Waals surface area contributed by atoms with Gasteiger partial charge in [0.25, 0.3) is 0 Å². The summed E-state index contributed by atoms with van der Waals surface area (Å²) >= 11 is 5.15. The summed E-state index contributed by atoms with van der Waals surface area (Å²) in [6.07, 6.45) is -0.539. The van der Waals surface area contributed by atoms with Gasteiger partial charge < -0.3 is 14.7 Å². The van der Waals surface area contributed by atoms with Crippen molar-refractivity contribution in [2.45, 2.75) is 13.0 Å². The molecule has 1 aliphatic heterocycles. The number of nitrogens with zero attached hydrogens (tertiary/aromatic N) is 3. The number of fused-ring (bicyclic) bond motifs is 1. The summed E-state index contributed by atoms with van der Waals surface area (Å²) in [5.74, 6) is 0.751. The summed E-state index contributed by atoms with van der Waals surface area (Å²) in [6, 6.07) is 14.3. The number of anilines is 1. The van der Waals surface area contributed by atoms with E-state index in [0.29, 0.717) is 6.54 Å². The Morgan fingerprint density at radius 2 is 2.04 bits per heavy atom. The smallest absolute Gasteiger partial charge is 0.121 e. The van der Waals surface area contributed by atoms with Crippen LogP contribution >= 0.6 is 27.3 Å². The maximum atomic E-state index is 10.4. The van der Waals surface area contributed by atoms with E-state index in [1.807, 2.05) is 25.1 Å². The highest BCUT2D eigenvalue weighted by Gasteiger charge is 2.20. The van der Waals surface area contributed by atoms with Crippen LogP contribution in [-0.2, 0) is 0 Å². The molecule has 0 amide bonds. The second-order valence-corrected chi connectivity index (χ2v) is 9.08. The quantitative estimate of drug-likeness (QED) is 0.600. The molecule has 1 aromatic heterocycles. The van der Waals surface area contributed by atoms with Crippen molar-refractivity contribution in [3.63, 3.8) is 0 Å². The Balaban J connectivity index is 1.24. The first kappa shape index (κ1) is 19.6. The van der Waals surface area contributed by atoms with E-state index in [2.05, 4.69) is 61.5 Å². The van der Waals surface area contributed by atoms with Crippen molar-refractivity contribution in [2.24, 2.45) is 0 Å². The van der Waals surface area contributed by atoms with Gasteiger partial charge >= 0.3 is 0 Å². The Morgan fingerprint density at radius 3 is 2.79 bits per heavy atom. The first-order valence-corrected chi connectivity index (χ1v) is 10.9. The van der Waals surface area contributed by atoms with Crippen LogP contribution in [-0.4, -0.2) is 53.9 Å². The molecule has 0 aliphatic carbocycles. The van der Waals surface area contributed by atoms with Crippen LogP contribution in [0.5, 0.6) is 5.75 Å². The summed E-state index contributed by atoms with van der Waals surface area (Å²) in [5, 5.41) is 11.4. The maximum absolute atomic E-state index is 10.4. The fourth-order valence-corrected chi connectivity index (χ4v) is 4.40. The van der Waals surface area contributed by atoms with Gasteiger partial charge in [-0.15, -0.1) is 11.3 Å². The number of halogens is 1. The number of aromatic nitrogens is 1. The van der Waals surface area contributed by atoms with E-state index in [0.717, 1.165) is 45.1 Å². The first-order chi connectivity index (χ1) is 13.6. The van der Waals surface area contributed by atoms with Crippen LogP contribution < -0.4 is 9.64 Å². The van der Waals surface area contributed by atoms with Crippen molar-refractivity contribution < 1.29 is 9.84 Å². The van der Waals surface area contributed by atoms with Gasteiger partial charge in [-0.25, -0.2) is 4.98 Å². The van der Waals surface area contributed by atoms with Gasteiger partial charge in [0.1, 0.15) is 18.5 Å². The number of aryl methyl sites for hydroxylation is 1. The highest BCUT2D eigenvalue weighted by atomic mass is 79.9. The molecule has 2 aromatic carbocycles. The van der Waals surface area contributed by atoms with Crippen LogP contribution in [0.25, 0.3) is 10.2 Å². The van der Waals surface area contributed by atoms with Gasteiger partial charge in [0.05, 0.1) is 15.2 Å². The zero-order valence-electron chi connectivity index (χ0n) is 15.7. The van der Waals surface area contributed by atoms with Crippen LogP contribution in [0.15, 0.2) is 46.9 Å². The molecular weight excluding hydrogens is 438 g/mol. The molecule has 4 rings (SSSR count). The summed E-state index contributed by atoms with van der Waals surface area (Å²) < 4.78 is 8.03. The topological polar surface area (TPSA) is 48.8 Å². The zero-order chi connectivity index (χ0) is 19.5. The normalized spacial score (nSPS) is 16.5. The molecule has 3 aromatic rings. The van der Waals surface area contributed by atoms with Gasteiger partial charge in [-0.05, 0) is 43.3 Å². The molecule has 0 unspecified atom stereocenters. The van der Waals surface area contributed by atoms with E-state index < -0.39 is 6.10 Å². The second-order valence-electron chi connectivity index (χ2n) is 6.93. The van der Waals surface area contributed by atoms with Gasteiger partial charge in [0.2, 0.25) is 0 Å². The van der Waals surface area contributed by atoms with Crippen molar-refractivity contribution in [2.75, 3.05) is 37.7 Å². The Morgan fingerprint density at radius 1 is 1.21 bits per heavy atom. The lowest BCUT2D eigenvalue weighted by atomic mass is 10.2. The minimum absolute atomic E-state index is 0.273. The zero-order valence-corrected chi connectivity index (χ0v) is 18.1. The number of rotatable bonds is 6. The minimum atomic E-state index is -0.539. The number of hydrogen-bond donors (Lipinski definition) is 1. The number of β-amino-alcohol motifs (C(OH)–C–C–N with tert-alkyl or cyclic N) is 1. The molecule has 1 fully saturated rings. The Kier molecular flexibility index (Phi) is 6.16. The fourth-order valence-electron chi connectivity index (χ4n) is 3.33. The molecule has 0 spiro atoms. The van der Waals surface area contributed by atoms with Crippen LogP contribution in [0.1, 0.15) is 5.01 Å². The minimum Gasteiger partial charge on any atom is -0.491 e. The monoisotopic (exact) mass is 460 g/mol. The van der Waals surface area contributed by atoms with Crippen LogP contribution in [0, 0.1) is 13.5 Å². The molecule has 7 heteroatoms. The molecular formula is C21H23BrN3O2S. The van der Waals surface area contributed by atoms with E-state index >= 15 is 0 Å². The predicted octanol–water partition coefficient (Wildman–Crippen LogP) is 4.09. The predicted molar refractivity (Wildman–Crippen MR) is 118 cm³/mol. The highest BCUT2D eigenvalue weighted by molar-refractivity contribution is 9.10. The maximum Gasteiger partial charge on any atom is 0.121 e. The SMILES string of the molecule is Cc1nc2cc(OC[C@H](O)CN3[CH]CN(c4ccc(Br)cc4)CC3)ccc2s1. The van der Waals surface area contributed by atoms with Gasteiger partial charge in [-0.3, -0.25) is 4.90 Å². The van der Waals surface area contributed by atoms with Crippen molar-refractivity contribution in [3.8, 4) is 5.75 Å². The number of ether oxygens (including phenoxy) is 1. The highest BCUT2D eigenvalue weighted by Crippen LogP contribution is 2.26. The molecule has 2 heterocycles. The van der Waals surface area contributed by atoms with Crippen LogP contribution in [0.3, 0.4) is 0 Å². The first-order valence-electron chi connectivity index (χ1n) is 9.33. The average molecular weight is 461 g/mol. The number of piperazine rings is 1. The summed E-state index contributed by atoms with van der Waals surface area (Å²) in [7, 11) is 0. The van der Waals surface area contributed by atoms with E-state index in [1.165, 1.54) is 5.69 Å². The van der Waals surface area contributed by atoms with Crippen LogP contribution in [0.4, 0.5) is 5.69 Å². The van der Waals surface area contributed by atoms with Gasteiger partial charge in [0, 0.05) is 49.0 Å². The largest absolute Gasteiger partial charge is 0.491 e. The standard InChI is InChI=1S/C21H23BrN3O2S/c1-15-23-20-12-19(6-7-21(20)28-15)27-14-18(26)13-24-8-10-25(11-9-24)17-4-2-16(22)3-5-17/h2-8,12,18,26H,9-11,13-14H2,1H3/t18-/m1/s1. The molecule has 147 valence electrons. The molecule has 0 saturated carbocycles. The van der Waals surface area contributed by atoms with E-state index in [4.69, 9.17) is 4.74 Å². The third kappa shape index (κ3) is 4.84. The fraction of sp³-hybridized carbons (Fsp3) is 0.333. The summed E-state index contributed by atoms with van der Waals surface area (Å²) in [4.78, 5) is 8.99. The van der Waals surface area contributed by atoms with Gasteiger partial charge in [-0.1, -0.05) is 15.9 Å². The summed E-state index contributed by atoms with van der Waals surface area (Å²) in [6.45, 7) is 7.67. The van der Waals surface area contributed by atoms with Crippen LogP contribution in [0.2, 0.25) is 0 Å². The molecule has 1 atom stereocenters. The van der Waals surface area contributed by atoms with Gasteiger partial charge in [0.15, 0.2) is 0 Å². The third-order valence-corrected chi connectivity index (χ3v) is 6.24. The summed E-state index contributed by atoms with van der Waals surface area (Å²) in [5.41, 5.74) is 2.17. The number of hydrogen-bond acceptors (Lipinski definition) is 6.